The Balaban J connectivity index is 2.16. The lowest BCUT2D eigenvalue weighted by atomic mass is 9.92. The summed E-state index contributed by atoms with van der Waals surface area (Å²) in [7, 11) is 0. The van der Waals surface area contributed by atoms with Crippen LogP contribution in [0.3, 0.4) is 0 Å². The maximum absolute atomic E-state index is 5.90. The van der Waals surface area contributed by atoms with E-state index in [1.54, 1.807) is 11.8 Å². The van der Waals surface area contributed by atoms with Crippen molar-refractivity contribution in [1.29, 1.82) is 0 Å². The Morgan fingerprint density at radius 1 is 1.28 bits per heavy atom. The SMILES string of the molecule is CC(C)(C)C(CN)Sc1nnc2n1CCCCC2. The summed E-state index contributed by atoms with van der Waals surface area (Å²) >= 11 is 1.79. The average molecular weight is 268 g/mol. The fraction of sp³-hybridized carbons (Fsp3) is 0.846. The second-order valence-corrected chi connectivity index (χ2v) is 7.24. The van der Waals surface area contributed by atoms with Gasteiger partial charge in [-0.15, -0.1) is 10.2 Å². The number of thioether (sulfide) groups is 1. The Morgan fingerprint density at radius 2 is 2.06 bits per heavy atom. The van der Waals surface area contributed by atoms with E-state index in [0.29, 0.717) is 11.8 Å². The van der Waals surface area contributed by atoms with Crippen molar-refractivity contribution in [3.63, 3.8) is 0 Å². The van der Waals surface area contributed by atoms with Crippen molar-refractivity contribution in [1.82, 2.24) is 14.8 Å². The zero-order chi connectivity index (χ0) is 13.2. The molecule has 102 valence electrons. The molecule has 0 radical (unpaired) electrons. The summed E-state index contributed by atoms with van der Waals surface area (Å²) in [6.45, 7) is 8.44. The minimum atomic E-state index is 0.191. The monoisotopic (exact) mass is 268 g/mol. The molecule has 2 rings (SSSR count). The Kier molecular flexibility index (Phi) is 4.33. The van der Waals surface area contributed by atoms with Crippen LogP contribution >= 0.6 is 11.8 Å². The molecule has 0 amide bonds. The van der Waals surface area contributed by atoms with Crippen molar-refractivity contribution in [3.05, 3.63) is 5.82 Å². The minimum absolute atomic E-state index is 0.191. The molecular weight excluding hydrogens is 244 g/mol. The highest BCUT2D eigenvalue weighted by Gasteiger charge is 2.27. The quantitative estimate of drug-likeness (QED) is 0.856. The van der Waals surface area contributed by atoms with E-state index in [9.17, 15) is 0 Å². The third-order valence-electron chi connectivity index (χ3n) is 3.50. The molecule has 0 saturated heterocycles. The Hall–Kier alpha value is -0.550. The largest absolute Gasteiger partial charge is 0.329 e. The van der Waals surface area contributed by atoms with E-state index in [0.717, 1.165) is 23.9 Å². The lowest BCUT2D eigenvalue weighted by Gasteiger charge is -2.28. The average Bonchev–Trinajstić information content (AvgIpc) is 2.53. The highest BCUT2D eigenvalue weighted by Crippen LogP contribution is 2.34. The van der Waals surface area contributed by atoms with Gasteiger partial charge in [-0.1, -0.05) is 39.0 Å². The van der Waals surface area contributed by atoms with Gasteiger partial charge < -0.3 is 10.3 Å². The molecule has 0 saturated carbocycles. The first-order valence-corrected chi connectivity index (χ1v) is 7.69. The molecule has 5 heteroatoms. The number of nitrogens with two attached hydrogens (primary N) is 1. The number of rotatable bonds is 3. The summed E-state index contributed by atoms with van der Waals surface area (Å²) in [6.07, 6.45) is 4.84. The van der Waals surface area contributed by atoms with Crippen LogP contribution < -0.4 is 5.73 Å². The van der Waals surface area contributed by atoms with E-state index in [2.05, 4.69) is 35.5 Å². The van der Waals surface area contributed by atoms with Crippen LogP contribution in [0, 0.1) is 5.41 Å². The molecular formula is C13H24N4S. The number of aromatic nitrogens is 3. The first-order valence-electron chi connectivity index (χ1n) is 6.81. The normalized spacial score (nSPS) is 18.2. The van der Waals surface area contributed by atoms with Gasteiger partial charge in [-0.05, 0) is 18.3 Å². The lowest BCUT2D eigenvalue weighted by Crippen LogP contribution is -2.31. The summed E-state index contributed by atoms with van der Waals surface area (Å²) < 4.78 is 2.30. The Bertz CT molecular complexity index is 394. The van der Waals surface area contributed by atoms with Gasteiger partial charge in [-0.2, -0.15) is 0 Å². The second-order valence-electron chi connectivity index (χ2n) is 6.07. The van der Waals surface area contributed by atoms with Crippen LogP contribution in [-0.2, 0) is 13.0 Å². The van der Waals surface area contributed by atoms with Crippen molar-refractivity contribution in [2.75, 3.05) is 6.54 Å². The van der Waals surface area contributed by atoms with Gasteiger partial charge >= 0.3 is 0 Å². The lowest BCUT2D eigenvalue weighted by molar-refractivity contribution is 0.397. The van der Waals surface area contributed by atoms with E-state index in [1.807, 2.05) is 0 Å². The molecule has 0 spiro atoms. The second kappa shape index (κ2) is 5.61. The molecule has 1 aliphatic rings. The van der Waals surface area contributed by atoms with E-state index >= 15 is 0 Å². The highest BCUT2D eigenvalue weighted by atomic mass is 32.2. The van der Waals surface area contributed by atoms with Gasteiger partial charge in [0.2, 0.25) is 0 Å². The number of fused-ring (bicyclic) bond motifs is 1. The zero-order valence-corrected chi connectivity index (χ0v) is 12.5. The third kappa shape index (κ3) is 3.06. The van der Waals surface area contributed by atoms with Gasteiger partial charge in [0, 0.05) is 24.8 Å². The van der Waals surface area contributed by atoms with Crippen LogP contribution in [0.2, 0.25) is 0 Å². The topological polar surface area (TPSA) is 56.7 Å². The standard InChI is InChI=1S/C13H24N4S/c1-13(2,3)10(9-14)18-12-16-15-11-7-5-4-6-8-17(11)12/h10H,4-9,14H2,1-3H3. The number of nitrogens with zero attached hydrogens (tertiary/aromatic N) is 3. The molecule has 18 heavy (non-hydrogen) atoms. The van der Waals surface area contributed by atoms with Crippen LogP contribution in [0.5, 0.6) is 0 Å². The van der Waals surface area contributed by atoms with Crippen LogP contribution in [0.25, 0.3) is 0 Å². The van der Waals surface area contributed by atoms with Crippen molar-refractivity contribution in [3.8, 4) is 0 Å². The van der Waals surface area contributed by atoms with Crippen LogP contribution in [0.15, 0.2) is 5.16 Å². The first-order chi connectivity index (χ1) is 8.52. The van der Waals surface area contributed by atoms with E-state index < -0.39 is 0 Å². The maximum atomic E-state index is 5.90. The van der Waals surface area contributed by atoms with Gasteiger partial charge in [0.15, 0.2) is 5.16 Å². The van der Waals surface area contributed by atoms with E-state index in [4.69, 9.17) is 5.73 Å². The van der Waals surface area contributed by atoms with Gasteiger partial charge in [0.1, 0.15) is 5.82 Å². The summed E-state index contributed by atoms with van der Waals surface area (Å²) in [6, 6.07) is 0. The van der Waals surface area contributed by atoms with Crippen molar-refractivity contribution in [2.24, 2.45) is 11.1 Å². The van der Waals surface area contributed by atoms with Gasteiger partial charge in [0.25, 0.3) is 0 Å². The molecule has 1 aliphatic heterocycles. The predicted molar refractivity (Wildman–Crippen MR) is 75.7 cm³/mol. The van der Waals surface area contributed by atoms with Gasteiger partial charge in [-0.3, -0.25) is 0 Å². The molecule has 0 aromatic carbocycles. The molecule has 0 bridgehead atoms. The zero-order valence-electron chi connectivity index (χ0n) is 11.6. The number of hydrogen-bond acceptors (Lipinski definition) is 4. The molecule has 1 atom stereocenters. The Labute approximate surface area is 114 Å². The molecule has 1 aromatic rings. The highest BCUT2D eigenvalue weighted by molar-refractivity contribution is 7.99. The summed E-state index contributed by atoms with van der Waals surface area (Å²) in [5.41, 5.74) is 6.10. The van der Waals surface area contributed by atoms with Crippen LogP contribution in [0.1, 0.15) is 45.9 Å². The predicted octanol–water partition coefficient (Wildman–Crippen LogP) is 2.47. The minimum Gasteiger partial charge on any atom is -0.329 e. The van der Waals surface area contributed by atoms with Crippen molar-refractivity contribution < 1.29 is 0 Å². The molecule has 4 nitrogen and oxygen atoms in total. The molecule has 1 aromatic heterocycles. The summed E-state index contributed by atoms with van der Waals surface area (Å²) in [5.74, 6) is 1.15. The molecule has 2 heterocycles. The fourth-order valence-corrected chi connectivity index (χ4v) is 3.37. The molecule has 2 N–H and O–H groups in total. The molecule has 0 fully saturated rings. The van der Waals surface area contributed by atoms with E-state index in [1.165, 1.54) is 19.3 Å². The smallest absolute Gasteiger partial charge is 0.191 e. The third-order valence-corrected chi connectivity index (χ3v) is 5.20. The van der Waals surface area contributed by atoms with Gasteiger partial charge in [0.05, 0.1) is 0 Å². The molecule has 0 aliphatic carbocycles. The van der Waals surface area contributed by atoms with Crippen LogP contribution in [0.4, 0.5) is 0 Å². The van der Waals surface area contributed by atoms with E-state index in [-0.39, 0.29) is 5.41 Å². The fourth-order valence-electron chi connectivity index (χ4n) is 2.25. The van der Waals surface area contributed by atoms with Crippen LogP contribution in [-0.4, -0.2) is 26.6 Å². The molecule has 1 unspecified atom stereocenters. The number of aryl methyl sites for hydroxylation is 1. The summed E-state index contributed by atoms with van der Waals surface area (Å²) in [5, 5.41) is 10.1. The Morgan fingerprint density at radius 3 is 2.72 bits per heavy atom. The first kappa shape index (κ1) is 13.9. The maximum Gasteiger partial charge on any atom is 0.191 e. The summed E-state index contributed by atoms with van der Waals surface area (Å²) in [4.78, 5) is 0. The van der Waals surface area contributed by atoms with Crippen molar-refractivity contribution >= 4 is 11.8 Å². The van der Waals surface area contributed by atoms with Crippen molar-refractivity contribution in [2.45, 2.75) is 63.4 Å². The number of hydrogen-bond donors (Lipinski definition) is 1. The van der Waals surface area contributed by atoms with Gasteiger partial charge in [-0.25, -0.2) is 0 Å².